The Morgan fingerprint density at radius 1 is 1.58 bits per heavy atom. The van der Waals surface area contributed by atoms with Gasteiger partial charge < -0.3 is 9.84 Å². The summed E-state index contributed by atoms with van der Waals surface area (Å²) in [6.07, 6.45) is 1.26. The van der Waals surface area contributed by atoms with E-state index in [1.807, 2.05) is 0 Å². The van der Waals surface area contributed by atoms with Crippen molar-refractivity contribution in [1.82, 2.24) is 9.03 Å². The summed E-state index contributed by atoms with van der Waals surface area (Å²) in [5, 5.41) is 8.89. The zero-order chi connectivity index (χ0) is 14.5. The Bertz CT molecular complexity index is 398. The lowest BCUT2D eigenvalue weighted by Crippen LogP contribution is -2.50. The first-order chi connectivity index (χ1) is 8.90. The predicted molar refractivity (Wildman–Crippen MR) is 69.5 cm³/mol. The van der Waals surface area contributed by atoms with Crippen molar-refractivity contribution in [3.05, 3.63) is 0 Å². The van der Waals surface area contributed by atoms with Crippen molar-refractivity contribution >= 4 is 16.2 Å². The lowest BCUT2D eigenvalue weighted by Gasteiger charge is -2.31. The largest absolute Gasteiger partial charge is 0.466 e. The number of ether oxygens (including phenoxy) is 1. The van der Waals surface area contributed by atoms with E-state index in [9.17, 15) is 13.2 Å². The molecule has 1 rings (SSSR count). The molecular weight excluding hydrogens is 272 g/mol. The first-order valence-corrected chi connectivity index (χ1v) is 7.89. The van der Waals surface area contributed by atoms with Crippen molar-refractivity contribution in [2.75, 3.05) is 26.3 Å². The van der Waals surface area contributed by atoms with Crippen molar-refractivity contribution in [3.8, 4) is 0 Å². The number of nitrogens with one attached hydrogen (secondary N) is 1. The molecule has 7 nitrogen and oxygen atoms in total. The molecule has 0 aromatic carbocycles. The van der Waals surface area contributed by atoms with Crippen LogP contribution in [0, 0.1) is 5.92 Å². The van der Waals surface area contributed by atoms with Gasteiger partial charge in [-0.1, -0.05) is 0 Å². The number of esters is 1. The molecule has 1 unspecified atom stereocenters. The molecule has 0 aromatic heterocycles. The summed E-state index contributed by atoms with van der Waals surface area (Å²) < 4.78 is 32.6. The molecule has 0 bridgehead atoms. The van der Waals surface area contributed by atoms with Crippen LogP contribution in [-0.2, 0) is 19.7 Å². The molecule has 0 radical (unpaired) electrons. The Morgan fingerprint density at radius 3 is 2.84 bits per heavy atom. The molecule has 2 N–H and O–H groups in total. The van der Waals surface area contributed by atoms with Gasteiger partial charge in [-0.15, -0.1) is 0 Å². The van der Waals surface area contributed by atoms with Gasteiger partial charge in [-0.05, 0) is 26.7 Å². The maximum Gasteiger partial charge on any atom is 0.310 e. The van der Waals surface area contributed by atoms with E-state index in [0.29, 0.717) is 26.0 Å². The first kappa shape index (κ1) is 16.4. The number of nitrogens with zero attached hydrogens (tertiary/aromatic N) is 1. The maximum absolute atomic E-state index is 12.0. The van der Waals surface area contributed by atoms with E-state index in [-0.39, 0.29) is 19.1 Å². The van der Waals surface area contributed by atoms with Gasteiger partial charge in [0.15, 0.2) is 0 Å². The van der Waals surface area contributed by atoms with Crippen LogP contribution in [0.5, 0.6) is 0 Å². The van der Waals surface area contributed by atoms with Gasteiger partial charge in [0, 0.05) is 19.1 Å². The molecule has 1 aliphatic rings. The lowest BCUT2D eigenvalue weighted by molar-refractivity contribution is -0.149. The third-order valence-corrected chi connectivity index (χ3v) is 4.68. The number of carbonyl (C=O) groups excluding carboxylic acids is 1. The summed E-state index contributed by atoms with van der Waals surface area (Å²) in [6.45, 7) is 3.83. The van der Waals surface area contributed by atoms with E-state index >= 15 is 0 Å². The molecule has 1 fully saturated rings. The van der Waals surface area contributed by atoms with Crippen LogP contribution in [0.15, 0.2) is 0 Å². The van der Waals surface area contributed by atoms with Crippen LogP contribution in [0.3, 0.4) is 0 Å². The van der Waals surface area contributed by atoms with Gasteiger partial charge >= 0.3 is 5.97 Å². The van der Waals surface area contributed by atoms with E-state index in [2.05, 4.69) is 4.72 Å². The average molecular weight is 294 g/mol. The number of piperidine rings is 1. The highest BCUT2D eigenvalue weighted by Crippen LogP contribution is 2.20. The summed E-state index contributed by atoms with van der Waals surface area (Å²) in [6, 6.07) is -0.548. The summed E-state index contributed by atoms with van der Waals surface area (Å²) in [4.78, 5) is 11.6. The molecule has 0 aromatic rings. The summed E-state index contributed by atoms with van der Waals surface area (Å²) >= 11 is 0. The topological polar surface area (TPSA) is 95.9 Å². The second-order valence-corrected chi connectivity index (χ2v) is 6.36. The number of hydrogen-bond acceptors (Lipinski definition) is 5. The first-order valence-electron chi connectivity index (χ1n) is 6.45. The van der Waals surface area contributed by atoms with Crippen LogP contribution in [0.1, 0.15) is 26.7 Å². The molecule has 1 saturated heterocycles. The molecule has 19 heavy (non-hydrogen) atoms. The Kier molecular flexibility index (Phi) is 6.18. The Morgan fingerprint density at radius 2 is 2.26 bits per heavy atom. The molecule has 112 valence electrons. The Balaban J connectivity index is 2.66. The van der Waals surface area contributed by atoms with Gasteiger partial charge in [0.05, 0.1) is 19.1 Å². The SMILES string of the molecule is CCOC(=O)C1CCCN(S(=O)(=O)N[C@@H](C)CO)C1. The molecule has 8 heteroatoms. The van der Waals surface area contributed by atoms with Gasteiger partial charge in [-0.25, -0.2) is 0 Å². The van der Waals surface area contributed by atoms with Crippen LogP contribution < -0.4 is 4.72 Å². The van der Waals surface area contributed by atoms with Gasteiger partial charge in [-0.3, -0.25) is 4.79 Å². The summed E-state index contributed by atoms with van der Waals surface area (Å²) in [7, 11) is -3.66. The number of aliphatic hydroxyl groups is 1. The highest BCUT2D eigenvalue weighted by molar-refractivity contribution is 7.87. The minimum Gasteiger partial charge on any atom is -0.466 e. The van der Waals surface area contributed by atoms with E-state index in [4.69, 9.17) is 9.84 Å². The lowest BCUT2D eigenvalue weighted by atomic mass is 10.0. The zero-order valence-electron chi connectivity index (χ0n) is 11.3. The number of rotatable bonds is 6. The highest BCUT2D eigenvalue weighted by atomic mass is 32.2. The number of hydrogen-bond donors (Lipinski definition) is 2. The molecule has 0 amide bonds. The molecule has 1 heterocycles. The standard InChI is InChI=1S/C11H22N2O5S/c1-3-18-11(15)10-5-4-6-13(7-10)19(16,17)12-9(2)8-14/h9-10,12,14H,3-8H2,1-2H3/t9-,10?/m0/s1. The van der Waals surface area contributed by atoms with Crippen LogP contribution in [0.25, 0.3) is 0 Å². The molecule has 2 atom stereocenters. The molecular formula is C11H22N2O5S. The second kappa shape index (κ2) is 7.18. The van der Waals surface area contributed by atoms with Crippen LogP contribution in [-0.4, -0.2) is 56.1 Å². The van der Waals surface area contributed by atoms with Gasteiger partial charge in [-0.2, -0.15) is 17.4 Å². The number of aliphatic hydroxyl groups excluding tert-OH is 1. The fourth-order valence-corrected chi connectivity index (χ4v) is 3.46. The van der Waals surface area contributed by atoms with Crippen molar-refractivity contribution in [2.24, 2.45) is 5.92 Å². The van der Waals surface area contributed by atoms with E-state index in [1.54, 1.807) is 13.8 Å². The fraction of sp³-hybridized carbons (Fsp3) is 0.909. The zero-order valence-corrected chi connectivity index (χ0v) is 12.1. The summed E-state index contributed by atoms with van der Waals surface area (Å²) in [5.41, 5.74) is 0. The normalized spacial score (nSPS) is 23.0. The monoisotopic (exact) mass is 294 g/mol. The third kappa shape index (κ3) is 4.72. The quantitative estimate of drug-likeness (QED) is 0.642. The molecule has 0 aliphatic carbocycles. The summed E-state index contributed by atoms with van der Waals surface area (Å²) in [5.74, 6) is -0.757. The van der Waals surface area contributed by atoms with E-state index in [0.717, 1.165) is 0 Å². The molecule has 1 aliphatic heterocycles. The highest BCUT2D eigenvalue weighted by Gasteiger charge is 2.33. The smallest absolute Gasteiger partial charge is 0.310 e. The minimum absolute atomic E-state index is 0.131. The van der Waals surface area contributed by atoms with Crippen molar-refractivity contribution in [2.45, 2.75) is 32.7 Å². The number of carbonyl (C=O) groups is 1. The van der Waals surface area contributed by atoms with Gasteiger partial charge in [0.2, 0.25) is 0 Å². The van der Waals surface area contributed by atoms with Crippen LogP contribution in [0.4, 0.5) is 0 Å². The maximum atomic E-state index is 12.0. The fourth-order valence-electron chi connectivity index (χ4n) is 1.98. The van der Waals surface area contributed by atoms with Crippen LogP contribution >= 0.6 is 0 Å². The molecule has 0 saturated carbocycles. The van der Waals surface area contributed by atoms with Gasteiger partial charge in [0.25, 0.3) is 10.2 Å². The molecule has 0 spiro atoms. The second-order valence-electron chi connectivity index (χ2n) is 4.66. The van der Waals surface area contributed by atoms with Crippen molar-refractivity contribution in [3.63, 3.8) is 0 Å². The predicted octanol–water partition coefficient (Wildman–Crippen LogP) is -0.523. The van der Waals surface area contributed by atoms with Crippen molar-refractivity contribution in [1.29, 1.82) is 0 Å². The van der Waals surface area contributed by atoms with Crippen molar-refractivity contribution < 1.29 is 23.1 Å². The van der Waals surface area contributed by atoms with Gasteiger partial charge in [0.1, 0.15) is 0 Å². The Labute approximate surface area is 114 Å². The Hall–Kier alpha value is -0.700. The minimum atomic E-state index is -3.66. The van der Waals surface area contributed by atoms with E-state index < -0.39 is 22.2 Å². The van der Waals surface area contributed by atoms with E-state index in [1.165, 1.54) is 4.31 Å². The third-order valence-electron chi connectivity index (χ3n) is 2.97. The van der Waals surface area contributed by atoms with Crippen LogP contribution in [0.2, 0.25) is 0 Å². The average Bonchev–Trinajstić information content (AvgIpc) is 2.38.